The summed E-state index contributed by atoms with van der Waals surface area (Å²) in [7, 11) is 1.36. The van der Waals surface area contributed by atoms with Gasteiger partial charge < -0.3 is 29.8 Å². The molecule has 0 radical (unpaired) electrons. The van der Waals surface area contributed by atoms with E-state index in [1.165, 1.54) is 12.0 Å². The van der Waals surface area contributed by atoms with E-state index in [1.807, 2.05) is 118 Å². The number of thiazole rings is 1. The number of ether oxygens (including phenoxy) is 1. The Hall–Kier alpha value is -6.82. The maximum atomic E-state index is 14.4. The third-order valence-corrected chi connectivity index (χ3v) is 15.3. The number of furan rings is 1. The number of thiophene rings is 1. The smallest absolute Gasteiger partial charge is 0.308 e. The number of fused-ring (bicyclic) bond motifs is 4. The van der Waals surface area contributed by atoms with Crippen molar-refractivity contribution in [2.75, 3.05) is 13.7 Å². The fourth-order valence-electron chi connectivity index (χ4n) is 9.13. The van der Waals surface area contributed by atoms with Crippen LogP contribution in [0.25, 0.3) is 37.5 Å². The van der Waals surface area contributed by atoms with E-state index in [0.717, 1.165) is 65.1 Å². The highest BCUT2D eigenvalue weighted by Crippen LogP contribution is 2.40. The van der Waals surface area contributed by atoms with Crippen LogP contribution in [0.4, 0.5) is 0 Å². The number of hydrogen-bond donors (Lipinski definition) is 3. The minimum atomic E-state index is -1.05. The molecule has 5 atom stereocenters. The monoisotopic (exact) mass is 966 g/mol. The minimum absolute atomic E-state index is 0.00684. The lowest BCUT2D eigenvalue weighted by molar-refractivity contribution is -0.142. The molecule has 0 saturated carbocycles. The largest absolute Gasteiger partial charge is 0.469 e. The second kappa shape index (κ2) is 18.6. The highest BCUT2D eigenvalue weighted by atomic mass is 32.1. The lowest BCUT2D eigenvalue weighted by Crippen LogP contribution is -2.57. The summed E-state index contributed by atoms with van der Waals surface area (Å²) >= 11 is 3.21. The van der Waals surface area contributed by atoms with Crippen molar-refractivity contribution in [2.45, 2.75) is 98.5 Å². The first-order chi connectivity index (χ1) is 32.9. The van der Waals surface area contributed by atoms with Crippen LogP contribution in [-0.4, -0.2) is 91.0 Å². The van der Waals surface area contributed by atoms with E-state index in [1.54, 1.807) is 28.7 Å². The van der Waals surface area contributed by atoms with Gasteiger partial charge in [0.1, 0.15) is 34.5 Å². The van der Waals surface area contributed by atoms with E-state index in [9.17, 15) is 24.3 Å². The molecule has 69 heavy (non-hydrogen) atoms. The number of β-amino-alcohol motifs (C(OH)–C–C–N with tert-alkyl or cyclic N) is 1. The average Bonchev–Trinajstić information content (AvgIpc) is 4.16. The molecule has 17 heteroatoms. The minimum Gasteiger partial charge on any atom is -0.469 e. The lowest BCUT2D eigenvalue weighted by Gasteiger charge is -2.35. The Labute approximate surface area is 407 Å². The maximum Gasteiger partial charge on any atom is 0.308 e. The number of nitrogens with one attached hydrogen (secondary N) is 2. The van der Waals surface area contributed by atoms with Gasteiger partial charge in [0, 0.05) is 34.4 Å². The highest BCUT2D eigenvalue weighted by molar-refractivity contribution is 7.15. The first kappa shape index (κ1) is 47.3. The van der Waals surface area contributed by atoms with Gasteiger partial charge in [0.15, 0.2) is 11.6 Å². The third kappa shape index (κ3) is 9.13. The van der Waals surface area contributed by atoms with Crippen molar-refractivity contribution in [3.05, 3.63) is 129 Å². The Morgan fingerprint density at radius 2 is 1.61 bits per heavy atom. The van der Waals surface area contributed by atoms with Crippen LogP contribution in [0.2, 0.25) is 0 Å². The first-order valence-electron chi connectivity index (χ1n) is 22.8. The predicted molar refractivity (Wildman–Crippen MR) is 266 cm³/mol. The molecule has 0 spiro atoms. The van der Waals surface area contributed by atoms with Gasteiger partial charge in [0.2, 0.25) is 11.8 Å². The summed E-state index contributed by atoms with van der Waals surface area (Å²) in [4.78, 5) is 68.0. The summed E-state index contributed by atoms with van der Waals surface area (Å²) in [5.41, 5.74) is 9.82. The van der Waals surface area contributed by atoms with Crippen molar-refractivity contribution in [3.63, 3.8) is 0 Å². The average molecular weight is 967 g/mol. The summed E-state index contributed by atoms with van der Waals surface area (Å²) in [5.74, 6) is -0.533. The van der Waals surface area contributed by atoms with Crippen molar-refractivity contribution in [2.24, 2.45) is 10.4 Å². The fraction of sp³-hybridized carbons (Fsp3) is 0.346. The molecule has 2 aliphatic heterocycles. The molecule has 15 nitrogen and oxygen atoms in total. The summed E-state index contributed by atoms with van der Waals surface area (Å²) < 4.78 is 13.2. The van der Waals surface area contributed by atoms with E-state index in [4.69, 9.17) is 14.1 Å². The molecule has 0 aliphatic carbocycles. The van der Waals surface area contributed by atoms with Crippen LogP contribution in [0.3, 0.4) is 0 Å². The summed E-state index contributed by atoms with van der Waals surface area (Å²) in [6.45, 7) is 15.4. The molecule has 1 unspecified atom stereocenters. The summed E-state index contributed by atoms with van der Waals surface area (Å²) in [6, 6.07) is 20.3. The van der Waals surface area contributed by atoms with E-state index in [-0.39, 0.29) is 37.1 Å². The standard InChI is InChI=1S/C52H54N8O7S2/c1-26-29(4)69-51-43(26)44(55-38(23-42(62)66-9)47-58-57-30(5)60(47)51)33-14-12-32(13-15-33)35-18-19-36-21-41(67-40(36)20-35)49(64)56-46(52(6,7)8)50(65)59-24-37(61)22-39(59)48(63)54-27(2)31-10-16-34(17-11-31)45-28(3)53-25-68-45/h10-21,25,27,37-39,46,61H,22-24H2,1-9H3,(H,54,63)(H,56,64)/t27-,37+,38-,39-,46?/m0/s1. The molecule has 4 aromatic heterocycles. The van der Waals surface area contributed by atoms with Gasteiger partial charge in [-0.05, 0) is 80.0 Å². The number of likely N-dealkylation sites (tertiary alicyclic amines) is 1. The van der Waals surface area contributed by atoms with Crippen LogP contribution in [-0.2, 0) is 19.1 Å². The molecule has 7 aromatic rings. The number of aryl methyl sites for hydroxylation is 3. The van der Waals surface area contributed by atoms with Crippen LogP contribution in [0, 0.1) is 33.1 Å². The van der Waals surface area contributed by atoms with Gasteiger partial charge in [0.25, 0.3) is 5.91 Å². The van der Waals surface area contributed by atoms with Gasteiger partial charge in [-0.1, -0.05) is 81.4 Å². The highest BCUT2D eigenvalue weighted by Gasteiger charge is 2.45. The van der Waals surface area contributed by atoms with E-state index in [0.29, 0.717) is 22.6 Å². The lowest BCUT2D eigenvalue weighted by atomic mass is 9.85. The van der Waals surface area contributed by atoms with Gasteiger partial charge in [-0.3, -0.25) is 28.7 Å². The zero-order chi connectivity index (χ0) is 49.1. The molecule has 3 amide bonds. The summed E-state index contributed by atoms with van der Waals surface area (Å²) in [5, 5.41) is 27.2. The Kier molecular flexibility index (Phi) is 12.7. The van der Waals surface area contributed by atoms with Gasteiger partial charge in [-0.2, -0.15) is 0 Å². The number of carbonyl (C=O) groups excluding carboxylic acids is 4. The maximum absolute atomic E-state index is 14.4. The number of methoxy groups -OCH3 is 1. The van der Waals surface area contributed by atoms with E-state index in [2.05, 4.69) is 39.7 Å². The van der Waals surface area contributed by atoms with Crippen LogP contribution < -0.4 is 10.6 Å². The van der Waals surface area contributed by atoms with Gasteiger partial charge in [-0.15, -0.1) is 32.9 Å². The van der Waals surface area contributed by atoms with Gasteiger partial charge in [-0.25, -0.2) is 4.98 Å². The van der Waals surface area contributed by atoms with E-state index >= 15 is 0 Å². The van der Waals surface area contributed by atoms with Crippen molar-refractivity contribution >= 4 is 63.0 Å². The molecule has 9 rings (SSSR count). The Bertz CT molecular complexity index is 3160. The Morgan fingerprint density at radius 3 is 2.29 bits per heavy atom. The molecule has 3 aromatic carbocycles. The molecular formula is C52H54N8O7S2. The quantitative estimate of drug-likeness (QED) is 0.106. The number of aromatic nitrogens is 4. The van der Waals surface area contributed by atoms with Crippen molar-refractivity contribution < 1.29 is 33.4 Å². The molecule has 6 heterocycles. The number of esters is 1. The third-order valence-electron chi connectivity index (χ3n) is 13.1. The number of aliphatic imine (C=N–C) groups is 1. The Morgan fingerprint density at radius 1 is 0.913 bits per heavy atom. The first-order valence-corrected chi connectivity index (χ1v) is 24.5. The zero-order valence-electron chi connectivity index (χ0n) is 39.9. The number of amides is 3. The topological polar surface area (TPSA) is 194 Å². The number of benzene rings is 3. The molecule has 1 saturated heterocycles. The van der Waals surface area contributed by atoms with Gasteiger partial charge in [0.05, 0.1) is 47.5 Å². The number of aliphatic hydroxyl groups is 1. The number of aliphatic hydroxyl groups excluding tert-OH is 1. The van der Waals surface area contributed by atoms with E-state index < -0.39 is 47.4 Å². The van der Waals surface area contributed by atoms with Crippen molar-refractivity contribution in [1.82, 2.24) is 35.3 Å². The SMILES string of the molecule is COC(=O)C[C@@H]1N=C(c2ccc(-c3ccc4cc(C(=O)NC(C(=O)N5C[C@H](O)C[C@H]5C(=O)N[C@@H](C)c5ccc(-c6scnc6C)cc5)C(C)(C)C)oc4c3)cc2)c2c(sc(C)c2C)-n2c(C)nnc21. The molecule has 356 valence electrons. The fourth-order valence-corrected chi connectivity index (χ4v) is 11.2. The van der Waals surface area contributed by atoms with Crippen LogP contribution in [0.15, 0.2) is 87.7 Å². The van der Waals surface area contributed by atoms with Crippen molar-refractivity contribution in [3.8, 4) is 26.6 Å². The second-order valence-electron chi connectivity index (χ2n) is 18.9. The molecule has 3 N–H and O–H groups in total. The van der Waals surface area contributed by atoms with Crippen LogP contribution >= 0.6 is 22.7 Å². The van der Waals surface area contributed by atoms with Crippen molar-refractivity contribution in [1.29, 1.82) is 0 Å². The molecule has 2 aliphatic rings. The zero-order valence-corrected chi connectivity index (χ0v) is 41.5. The number of hydrogen-bond acceptors (Lipinski definition) is 13. The summed E-state index contributed by atoms with van der Waals surface area (Å²) in [6.07, 6.45) is -0.837. The van der Waals surface area contributed by atoms with Crippen LogP contribution in [0.5, 0.6) is 0 Å². The number of carbonyl (C=O) groups is 4. The number of rotatable bonds is 11. The Balaban J connectivity index is 0.914. The van der Waals surface area contributed by atoms with Crippen LogP contribution in [0.1, 0.15) is 108 Å². The predicted octanol–water partition coefficient (Wildman–Crippen LogP) is 8.54. The molecular weight excluding hydrogens is 913 g/mol. The van der Waals surface area contributed by atoms with Gasteiger partial charge >= 0.3 is 5.97 Å². The number of nitrogens with zero attached hydrogens (tertiary/aromatic N) is 6. The second-order valence-corrected chi connectivity index (χ2v) is 21.0. The molecule has 1 fully saturated rings. The normalized spacial score (nSPS) is 17.7. The molecule has 0 bridgehead atoms.